The van der Waals surface area contributed by atoms with Gasteiger partial charge in [0, 0.05) is 15.8 Å². The lowest BCUT2D eigenvalue weighted by molar-refractivity contribution is 0.885. The van der Waals surface area contributed by atoms with E-state index in [2.05, 4.69) is 43.5 Å². The van der Waals surface area contributed by atoms with E-state index < -0.39 is 0 Å². The molecule has 0 spiro atoms. The minimum Gasteiger partial charge on any atom is -0.331 e. The lowest BCUT2D eigenvalue weighted by Gasteiger charge is -2.15. The van der Waals surface area contributed by atoms with Crippen LogP contribution in [-0.2, 0) is 0 Å². The Balaban J connectivity index is 1.83. The summed E-state index contributed by atoms with van der Waals surface area (Å²) in [5, 5.41) is 7.04. The van der Waals surface area contributed by atoms with Crippen LogP contribution < -0.4 is 21.5 Å². The molecule has 0 saturated carbocycles. The predicted octanol–water partition coefficient (Wildman–Crippen LogP) is 4.25. The first kappa shape index (κ1) is 17.7. The van der Waals surface area contributed by atoms with Crippen LogP contribution in [0.25, 0.3) is 0 Å². The van der Waals surface area contributed by atoms with Gasteiger partial charge in [-0.1, -0.05) is 28.1 Å². The first-order valence-electron chi connectivity index (χ1n) is 6.90. The number of benzene rings is 2. The van der Waals surface area contributed by atoms with Crippen molar-refractivity contribution in [1.29, 1.82) is 0 Å². The summed E-state index contributed by atoms with van der Waals surface area (Å²) in [5.41, 5.74) is 9.88. The first-order valence-corrected chi connectivity index (χ1v) is 8.51. The Labute approximate surface area is 155 Å². The minimum atomic E-state index is 0.424. The fraction of sp³-hybridized carbons (Fsp3) is 0.125. The molecule has 4 nitrogen and oxygen atoms in total. The largest absolute Gasteiger partial charge is 0.331 e. The monoisotopic (exact) mass is 408 g/mol. The Morgan fingerprint density at radius 3 is 1.96 bits per heavy atom. The third kappa shape index (κ3) is 6.13. The van der Waals surface area contributed by atoms with E-state index in [0.717, 1.165) is 15.8 Å². The smallest absolute Gasteiger partial charge is 0.189 e. The van der Waals surface area contributed by atoms with Gasteiger partial charge in [0.25, 0.3) is 0 Å². The Morgan fingerprint density at radius 1 is 0.826 bits per heavy atom. The van der Waals surface area contributed by atoms with Crippen molar-refractivity contribution in [2.24, 2.45) is 0 Å². The van der Waals surface area contributed by atoms with Crippen LogP contribution in [0.15, 0.2) is 46.9 Å². The third-order valence-corrected chi connectivity index (χ3v) is 3.75. The van der Waals surface area contributed by atoms with E-state index in [0.29, 0.717) is 10.2 Å². The summed E-state index contributed by atoms with van der Waals surface area (Å²) in [5.74, 6) is 0. The van der Waals surface area contributed by atoms with Crippen molar-refractivity contribution in [2.45, 2.75) is 13.8 Å². The highest BCUT2D eigenvalue weighted by atomic mass is 79.9. The maximum atomic E-state index is 5.25. The Kier molecular flexibility index (Phi) is 6.32. The molecule has 0 aliphatic heterocycles. The molecular weight excluding hydrogens is 392 g/mol. The highest BCUT2D eigenvalue weighted by molar-refractivity contribution is 9.10. The maximum Gasteiger partial charge on any atom is 0.189 e. The van der Waals surface area contributed by atoms with Crippen molar-refractivity contribution in [3.8, 4) is 0 Å². The number of hydrazine groups is 1. The molecule has 0 amide bonds. The summed E-state index contributed by atoms with van der Waals surface area (Å²) >= 11 is 13.9. The van der Waals surface area contributed by atoms with Gasteiger partial charge in [0.15, 0.2) is 10.2 Å². The first-order chi connectivity index (χ1) is 10.9. The Hall–Kier alpha value is -1.70. The quantitative estimate of drug-likeness (QED) is 0.440. The van der Waals surface area contributed by atoms with Crippen molar-refractivity contribution in [3.05, 3.63) is 58.1 Å². The number of thiocarbonyl (C=S) groups is 2. The van der Waals surface area contributed by atoms with Gasteiger partial charge < -0.3 is 10.6 Å². The average molecular weight is 409 g/mol. The summed E-state index contributed by atoms with van der Waals surface area (Å²) < 4.78 is 0.977. The molecule has 2 rings (SSSR count). The van der Waals surface area contributed by atoms with E-state index in [1.807, 2.05) is 50.2 Å². The topological polar surface area (TPSA) is 48.1 Å². The van der Waals surface area contributed by atoms with Gasteiger partial charge in [0.05, 0.1) is 0 Å². The zero-order chi connectivity index (χ0) is 16.8. The molecule has 0 aliphatic carbocycles. The van der Waals surface area contributed by atoms with Crippen LogP contribution in [0.5, 0.6) is 0 Å². The fourth-order valence-electron chi connectivity index (χ4n) is 2.05. The zero-order valence-corrected chi connectivity index (χ0v) is 16.0. The molecule has 0 heterocycles. The standard InChI is InChI=1S/C16H17BrN4S2/c1-10-6-11(2)8-14(7-10)19-16(23)21-20-15(22)18-13-5-3-4-12(17)9-13/h3-9H,1-2H3,(H2,18,20,22)(H2,19,21,23). The zero-order valence-electron chi connectivity index (χ0n) is 12.7. The lowest BCUT2D eigenvalue weighted by Crippen LogP contribution is -2.45. The number of halogens is 1. The SMILES string of the molecule is Cc1cc(C)cc(NC(=S)NNC(=S)Nc2cccc(Br)c2)c1. The van der Waals surface area contributed by atoms with Gasteiger partial charge in [0.1, 0.15) is 0 Å². The summed E-state index contributed by atoms with van der Waals surface area (Å²) in [7, 11) is 0. The van der Waals surface area contributed by atoms with Gasteiger partial charge in [-0.3, -0.25) is 10.9 Å². The summed E-state index contributed by atoms with van der Waals surface area (Å²) in [4.78, 5) is 0. The number of hydrogen-bond donors (Lipinski definition) is 4. The number of nitrogens with one attached hydrogen (secondary N) is 4. The highest BCUT2D eigenvalue weighted by Crippen LogP contribution is 2.15. The van der Waals surface area contributed by atoms with Gasteiger partial charge in [-0.05, 0) is 79.7 Å². The third-order valence-electron chi connectivity index (χ3n) is 2.85. The molecule has 0 saturated heterocycles. The Morgan fingerprint density at radius 2 is 1.39 bits per heavy atom. The van der Waals surface area contributed by atoms with E-state index in [4.69, 9.17) is 24.4 Å². The highest BCUT2D eigenvalue weighted by Gasteiger charge is 2.01. The molecule has 120 valence electrons. The van der Waals surface area contributed by atoms with Crippen LogP contribution in [-0.4, -0.2) is 10.2 Å². The number of hydrogen-bond acceptors (Lipinski definition) is 2. The molecule has 7 heteroatoms. The van der Waals surface area contributed by atoms with E-state index in [-0.39, 0.29) is 0 Å². The molecule has 0 bridgehead atoms. The molecule has 0 fully saturated rings. The van der Waals surface area contributed by atoms with Crippen LogP contribution in [0, 0.1) is 13.8 Å². The molecule has 0 aliphatic rings. The molecule has 0 unspecified atom stereocenters. The predicted molar refractivity (Wildman–Crippen MR) is 109 cm³/mol. The fourth-order valence-corrected chi connectivity index (χ4v) is 2.79. The lowest BCUT2D eigenvalue weighted by atomic mass is 10.1. The summed E-state index contributed by atoms with van der Waals surface area (Å²) in [6.45, 7) is 4.09. The van der Waals surface area contributed by atoms with Gasteiger partial charge in [-0.2, -0.15) is 0 Å². The number of anilines is 2. The second-order valence-electron chi connectivity index (χ2n) is 5.04. The number of aryl methyl sites for hydroxylation is 2. The van der Waals surface area contributed by atoms with Crippen molar-refractivity contribution < 1.29 is 0 Å². The van der Waals surface area contributed by atoms with Crippen molar-refractivity contribution in [2.75, 3.05) is 10.6 Å². The van der Waals surface area contributed by atoms with Crippen LogP contribution in [0.1, 0.15) is 11.1 Å². The molecular formula is C16H17BrN4S2. The van der Waals surface area contributed by atoms with Crippen molar-refractivity contribution in [3.63, 3.8) is 0 Å². The summed E-state index contributed by atoms with van der Waals surface area (Å²) in [6.07, 6.45) is 0. The van der Waals surface area contributed by atoms with Gasteiger partial charge in [0.2, 0.25) is 0 Å². The van der Waals surface area contributed by atoms with Crippen LogP contribution in [0.2, 0.25) is 0 Å². The molecule has 0 atom stereocenters. The molecule has 2 aromatic rings. The van der Waals surface area contributed by atoms with Crippen molar-refractivity contribution in [1.82, 2.24) is 10.9 Å². The minimum absolute atomic E-state index is 0.424. The second-order valence-corrected chi connectivity index (χ2v) is 6.78. The second kappa shape index (κ2) is 8.24. The van der Waals surface area contributed by atoms with Crippen LogP contribution >= 0.6 is 40.4 Å². The van der Waals surface area contributed by atoms with E-state index in [1.165, 1.54) is 11.1 Å². The van der Waals surface area contributed by atoms with E-state index in [9.17, 15) is 0 Å². The average Bonchev–Trinajstić information content (AvgIpc) is 2.44. The Bertz CT molecular complexity index is 714. The van der Waals surface area contributed by atoms with Crippen LogP contribution in [0.3, 0.4) is 0 Å². The van der Waals surface area contributed by atoms with Crippen molar-refractivity contribution >= 4 is 62.0 Å². The van der Waals surface area contributed by atoms with Gasteiger partial charge in [-0.15, -0.1) is 0 Å². The van der Waals surface area contributed by atoms with Crippen LogP contribution in [0.4, 0.5) is 11.4 Å². The van der Waals surface area contributed by atoms with E-state index >= 15 is 0 Å². The number of rotatable bonds is 2. The molecule has 0 aromatic heterocycles. The molecule has 4 N–H and O–H groups in total. The van der Waals surface area contributed by atoms with Gasteiger partial charge in [-0.25, -0.2) is 0 Å². The van der Waals surface area contributed by atoms with E-state index in [1.54, 1.807) is 0 Å². The molecule has 23 heavy (non-hydrogen) atoms. The van der Waals surface area contributed by atoms with Gasteiger partial charge >= 0.3 is 0 Å². The summed E-state index contributed by atoms with van der Waals surface area (Å²) in [6, 6.07) is 13.9. The normalized spacial score (nSPS) is 9.87. The molecule has 0 radical (unpaired) electrons. The molecule has 2 aromatic carbocycles. The maximum absolute atomic E-state index is 5.25.